The number of aromatic nitrogens is 2. The lowest BCUT2D eigenvalue weighted by Gasteiger charge is -2.11. The first-order valence-electron chi connectivity index (χ1n) is 8.62. The third-order valence-corrected chi connectivity index (χ3v) is 5.26. The summed E-state index contributed by atoms with van der Waals surface area (Å²) in [4.78, 5) is 22.0. The molecule has 0 spiro atoms. The van der Waals surface area contributed by atoms with Crippen molar-refractivity contribution in [3.05, 3.63) is 75.3 Å². The van der Waals surface area contributed by atoms with Crippen molar-refractivity contribution in [1.29, 1.82) is 0 Å². The van der Waals surface area contributed by atoms with E-state index in [9.17, 15) is 9.18 Å². The van der Waals surface area contributed by atoms with E-state index in [1.54, 1.807) is 12.1 Å². The number of benzene rings is 1. The van der Waals surface area contributed by atoms with Crippen LogP contribution in [0.25, 0.3) is 21.3 Å². The van der Waals surface area contributed by atoms with Crippen molar-refractivity contribution < 1.29 is 13.7 Å². The zero-order chi connectivity index (χ0) is 19.0. The standard InChI is InChI=1S/C20H18FN3O2S/c1-12-3-8-15(26-12)9-24(2)10-17-22-19(25)18-16(11-27-20(18)23-17)13-4-6-14(21)7-5-13/h3-8,11H,9-10H2,1-2H3,(H,22,23,25)/p+1. The number of nitrogens with one attached hydrogen (secondary N) is 2. The summed E-state index contributed by atoms with van der Waals surface area (Å²) in [6.07, 6.45) is 0. The van der Waals surface area contributed by atoms with Crippen LogP contribution in [-0.4, -0.2) is 17.0 Å². The summed E-state index contributed by atoms with van der Waals surface area (Å²) < 4.78 is 18.8. The summed E-state index contributed by atoms with van der Waals surface area (Å²) in [5.74, 6) is 2.13. The number of H-pyrrole nitrogens is 1. The van der Waals surface area contributed by atoms with E-state index in [-0.39, 0.29) is 11.4 Å². The zero-order valence-corrected chi connectivity index (χ0v) is 15.8. The number of nitrogens with zero attached hydrogens (tertiary/aromatic N) is 1. The second-order valence-electron chi connectivity index (χ2n) is 6.67. The molecule has 27 heavy (non-hydrogen) atoms. The van der Waals surface area contributed by atoms with Crippen LogP contribution in [0.3, 0.4) is 0 Å². The SMILES string of the molecule is Cc1ccc(C[NH+](C)Cc2nc3scc(-c4ccc(F)cc4)c3c(=O)[nH]2)o1. The highest BCUT2D eigenvalue weighted by Gasteiger charge is 2.15. The Hall–Kier alpha value is -2.77. The van der Waals surface area contributed by atoms with E-state index >= 15 is 0 Å². The number of halogens is 1. The van der Waals surface area contributed by atoms with E-state index in [4.69, 9.17) is 4.42 Å². The lowest BCUT2D eigenvalue weighted by Crippen LogP contribution is -3.06. The van der Waals surface area contributed by atoms with Crippen molar-refractivity contribution in [3.8, 4) is 11.1 Å². The number of hydrogen-bond acceptors (Lipinski definition) is 4. The number of thiophene rings is 1. The van der Waals surface area contributed by atoms with Crippen LogP contribution < -0.4 is 10.5 Å². The first-order valence-corrected chi connectivity index (χ1v) is 9.50. The molecule has 7 heteroatoms. The molecule has 0 fully saturated rings. The maximum Gasteiger partial charge on any atom is 0.260 e. The van der Waals surface area contributed by atoms with Crippen LogP contribution in [0.5, 0.6) is 0 Å². The van der Waals surface area contributed by atoms with Crippen molar-refractivity contribution in [1.82, 2.24) is 9.97 Å². The topological polar surface area (TPSA) is 63.3 Å². The minimum absolute atomic E-state index is 0.169. The van der Waals surface area contributed by atoms with Crippen LogP contribution in [-0.2, 0) is 13.1 Å². The van der Waals surface area contributed by atoms with Crippen molar-refractivity contribution in [3.63, 3.8) is 0 Å². The van der Waals surface area contributed by atoms with Crippen molar-refractivity contribution in [2.45, 2.75) is 20.0 Å². The number of furan rings is 1. The fraction of sp³-hybridized carbons (Fsp3) is 0.200. The van der Waals surface area contributed by atoms with Gasteiger partial charge >= 0.3 is 0 Å². The number of rotatable bonds is 5. The third kappa shape index (κ3) is 3.70. The Balaban J connectivity index is 1.61. The summed E-state index contributed by atoms with van der Waals surface area (Å²) in [6.45, 7) is 3.21. The predicted octanol–water partition coefficient (Wildman–Crippen LogP) is 2.91. The first kappa shape index (κ1) is 17.6. The van der Waals surface area contributed by atoms with Gasteiger partial charge in [0.2, 0.25) is 0 Å². The predicted molar refractivity (Wildman–Crippen MR) is 103 cm³/mol. The summed E-state index contributed by atoms with van der Waals surface area (Å²) in [7, 11) is 2.03. The maximum atomic E-state index is 13.2. The summed E-state index contributed by atoms with van der Waals surface area (Å²) >= 11 is 1.42. The van der Waals surface area contributed by atoms with Gasteiger partial charge in [-0.1, -0.05) is 12.1 Å². The van der Waals surface area contributed by atoms with E-state index in [2.05, 4.69) is 9.97 Å². The Morgan fingerprint density at radius 2 is 1.96 bits per heavy atom. The average molecular weight is 384 g/mol. The van der Waals surface area contributed by atoms with Crippen LogP contribution in [0, 0.1) is 12.7 Å². The van der Waals surface area contributed by atoms with Gasteiger partial charge in [-0.05, 0) is 36.8 Å². The molecule has 0 aliphatic carbocycles. The second kappa shape index (κ2) is 7.09. The Labute approximate surface area is 159 Å². The van der Waals surface area contributed by atoms with Gasteiger partial charge in [0, 0.05) is 10.9 Å². The minimum atomic E-state index is -0.301. The Morgan fingerprint density at radius 3 is 2.67 bits per heavy atom. The molecule has 138 valence electrons. The fourth-order valence-corrected chi connectivity index (χ4v) is 4.11. The monoisotopic (exact) mass is 384 g/mol. The van der Waals surface area contributed by atoms with Crippen molar-refractivity contribution >= 4 is 21.6 Å². The van der Waals surface area contributed by atoms with Gasteiger partial charge in [0.05, 0.1) is 12.4 Å². The van der Waals surface area contributed by atoms with Gasteiger partial charge in [-0.2, -0.15) is 0 Å². The molecule has 4 rings (SSSR count). The van der Waals surface area contributed by atoms with Gasteiger partial charge in [-0.15, -0.1) is 11.3 Å². The van der Waals surface area contributed by atoms with E-state index < -0.39 is 0 Å². The van der Waals surface area contributed by atoms with E-state index in [1.807, 2.05) is 31.5 Å². The van der Waals surface area contributed by atoms with Gasteiger partial charge in [0.15, 0.2) is 11.6 Å². The number of fused-ring (bicyclic) bond motifs is 1. The number of hydrogen-bond donors (Lipinski definition) is 2. The van der Waals surface area contributed by atoms with Gasteiger partial charge in [0.25, 0.3) is 5.56 Å². The van der Waals surface area contributed by atoms with Crippen molar-refractivity contribution in [2.24, 2.45) is 0 Å². The molecule has 0 amide bonds. The molecular weight excluding hydrogens is 365 g/mol. The summed E-state index contributed by atoms with van der Waals surface area (Å²) in [6, 6.07) is 10.0. The molecule has 1 atom stereocenters. The number of aryl methyl sites for hydroxylation is 1. The molecule has 5 nitrogen and oxygen atoms in total. The molecule has 3 heterocycles. The highest BCUT2D eigenvalue weighted by atomic mass is 32.1. The molecule has 0 radical (unpaired) electrons. The van der Waals surface area contributed by atoms with Crippen LogP contribution in [0.4, 0.5) is 4.39 Å². The van der Waals surface area contributed by atoms with Gasteiger partial charge < -0.3 is 14.3 Å². The molecule has 0 saturated carbocycles. The van der Waals surface area contributed by atoms with Gasteiger partial charge in [-0.3, -0.25) is 4.79 Å². The van der Waals surface area contributed by atoms with Crippen molar-refractivity contribution in [2.75, 3.05) is 7.05 Å². The number of aromatic amines is 1. The molecule has 1 unspecified atom stereocenters. The molecule has 0 aliphatic rings. The highest BCUT2D eigenvalue weighted by molar-refractivity contribution is 7.17. The van der Waals surface area contributed by atoms with Gasteiger partial charge in [0.1, 0.15) is 29.5 Å². The lowest BCUT2D eigenvalue weighted by molar-refractivity contribution is -0.909. The maximum absolute atomic E-state index is 13.2. The third-order valence-electron chi connectivity index (χ3n) is 4.39. The van der Waals surface area contributed by atoms with Crippen LogP contribution in [0.15, 0.2) is 51.0 Å². The van der Waals surface area contributed by atoms with Crippen LogP contribution in [0.2, 0.25) is 0 Å². The summed E-state index contributed by atoms with van der Waals surface area (Å²) in [5, 5.41) is 2.45. The average Bonchev–Trinajstić information content (AvgIpc) is 3.22. The summed E-state index contributed by atoms with van der Waals surface area (Å²) in [5.41, 5.74) is 1.41. The number of quaternary nitrogens is 1. The Morgan fingerprint density at radius 1 is 1.19 bits per heavy atom. The molecular formula is C20H19FN3O2S+. The van der Waals surface area contributed by atoms with E-state index in [1.165, 1.54) is 23.5 Å². The lowest BCUT2D eigenvalue weighted by atomic mass is 10.1. The first-order chi connectivity index (χ1) is 13.0. The zero-order valence-electron chi connectivity index (χ0n) is 15.0. The Bertz CT molecular complexity index is 1140. The Kier molecular flexibility index (Phi) is 4.63. The molecule has 0 aliphatic heterocycles. The van der Waals surface area contributed by atoms with Crippen LogP contribution >= 0.6 is 11.3 Å². The molecule has 2 N–H and O–H groups in total. The molecule has 3 aromatic heterocycles. The molecule has 0 bridgehead atoms. The normalized spacial score (nSPS) is 12.6. The molecule has 4 aromatic rings. The fourth-order valence-electron chi connectivity index (χ4n) is 3.15. The smallest absolute Gasteiger partial charge is 0.260 e. The molecule has 1 aromatic carbocycles. The van der Waals surface area contributed by atoms with Gasteiger partial charge in [-0.25, -0.2) is 9.37 Å². The van der Waals surface area contributed by atoms with E-state index in [0.717, 1.165) is 27.5 Å². The van der Waals surface area contributed by atoms with E-state index in [0.29, 0.717) is 29.1 Å². The quantitative estimate of drug-likeness (QED) is 0.556. The largest absolute Gasteiger partial charge is 0.460 e. The van der Waals surface area contributed by atoms with Crippen LogP contribution in [0.1, 0.15) is 17.3 Å². The second-order valence-corrected chi connectivity index (χ2v) is 7.53. The molecule has 0 saturated heterocycles. The minimum Gasteiger partial charge on any atom is -0.460 e. The highest BCUT2D eigenvalue weighted by Crippen LogP contribution is 2.30.